The van der Waals surface area contributed by atoms with Crippen molar-refractivity contribution in [1.82, 2.24) is 0 Å². The SMILES string of the molecule is CCOC(=O)C1=C(C)N=C(C)C(C(=O)OCC)S1. The Morgan fingerprint density at radius 3 is 2.39 bits per heavy atom. The lowest BCUT2D eigenvalue weighted by atomic mass is 10.2. The highest BCUT2D eigenvalue weighted by atomic mass is 32.2. The Balaban J connectivity index is 2.91. The van der Waals surface area contributed by atoms with Crippen molar-refractivity contribution in [2.45, 2.75) is 32.9 Å². The largest absolute Gasteiger partial charge is 0.465 e. The molecule has 18 heavy (non-hydrogen) atoms. The highest BCUT2D eigenvalue weighted by molar-refractivity contribution is 8.06. The molecular weight excluding hydrogens is 254 g/mol. The number of hydrogen-bond acceptors (Lipinski definition) is 6. The predicted octanol–water partition coefficient (Wildman–Crippen LogP) is 1.92. The lowest BCUT2D eigenvalue weighted by Gasteiger charge is -2.21. The maximum Gasteiger partial charge on any atom is 0.346 e. The maximum atomic E-state index is 11.7. The van der Waals surface area contributed by atoms with E-state index in [1.54, 1.807) is 27.7 Å². The van der Waals surface area contributed by atoms with E-state index in [1.807, 2.05) is 0 Å². The van der Waals surface area contributed by atoms with Gasteiger partial charge in [-0.25, -0.2) is 4.79 Å². The van der Waals surface area contributed by atoms with Crippen LogP contribution in [0, 0.1) is 0 Å². The fourth-order valence-electron chi connectivity index (χ4n) is 1.49. The molecule has 0 amide bonds. The van der Waals surface area contributed by atoms with E-state index in [0.29, 0.717) is 29.5 Å². The second-order valence-electron chi connectivity index (χ2n) is 3.64. The van der Waals surface area contributed by atoms with Crippen molar-refractivity contribution in [2.75, 3.05) is 13.2 Å². The summed E-state index contributed by atoms with van der Waals surface area (Å²) >= 11 is 1.14. The van der Waals surface area contributed by atoms with Crippen LogP contribution in [0.1, 0.15) is 27.7 Å². The van der Waals surface area contributed by atoms with Crippen molar-refractivity contribution in [3.05, 3.63) is 10.6 Å². The molecule has 1 heterocycles. The normalized spacial score (nSPS) is 19.3. The van der Waals surface area contributed by atoms with Crippen LogP contribution in [0.15, 0.2) is 15.6 Å². The minimum absolute atomic E-state index is 0.295. The molecule has 5 nitrogen and oxygen atoms in total. The highest BCUT2D eigenvalue weighted by Gasteiger charge is 2.32. The minimum atomic E-state index is -0.562. The summed E-state index contributed by atoms with van der Waals surface area (Å²) in [5.74, 6) is -0.816. The van der Waals surface area contributed by atoms with Gasteiger partial charge in [0.2, 0.25) is 0 Å². The molecule has 0 aromatic carbocycles. The fraction of sp³-hybridized carbons (Fsp3) is 0.583. The number of ether oxygens (including phenoxy) is 2. The van der Waals surface area contributed by atoms with E-state index < -0.39 is 11.2 Å². The van der Waals surface area contributed by atoms with Crippen LogP contribution in [0.4, 0.5) is 0 Å². The van der Waals surface area contributed by atoms with Gasteiger partial charge in [0.05, 0.1) is 18.9 Å². The van der Waals surface area contributed by atoms with Gasteiger partial charge >= 0.3 is 11.9 Å². The van der Waals surface area contributed by atoms with E-state index in [9.17, 15) is 9.59 Å². The first-order valence-corrected chi connectivity index (χ1v) is 6.65. The lowest BCUT2D eigenvalue weighted by Crippen LogP contribution is -2.30. The van der Waals surface area contributed by atoms with E-state index in [-0.39, 0.29) is 5.97 Å². The van der Waals surface area contributed by atoms with Gasteiger partial charge in [-0.05, 0) is 27.7 Å². The molecule has 1 aliphatic heterocycles. The summed E-state index contributed by atoms with van der Waals surface area (Å²) in [7, 11) is 0. The molecule has 0 saturated heterocycles. The van der Waals surface area contributed by atoms with Crippen LogP contribution in [-0.4, -0.2) is 36.1 Å². The monoisotopic (exact) mass is 271 g/mol. The van der Waals surface area contributed by atoms with Crippen LogP contribution in [0.25, 0.3) is 0 Å². The van der Waals surface area contributed by atoms with Crippen molar-refractivity contribution in [1.29, 1.82) is 0 Å². The minimum Gasteiger partial charge on any atom is -0.465 e. The summed E-state index contributed by atoms with van der Waals surface area (Å²) in [6.07, 6.45) is 0. The fourth-order valence-corrected chi connectivity index (χ4v) is 2.49. The summed E-state index contributed by atoms with van der Waals surface area (Å²) in [6.45, 7) is 7.55. The van der Waals surface area contributed by atoms with Gasteiger partial charge in [-0.1, -0.05) is 11.8 Å². The molecule has 1 atom stereocenters. The zero-order chi connectivity index (χ0) is 13.7. The number of esters is 2. The van der Waals surface area contributed by atoms with E-state index in [0.717, 1.165) is 11.8 Å². The average molecular weight is 271 g/mol. The molecule has 0 spiro atoms. The van der Waals surface area contributed by atoms with Crippen molar-refractivity contribution < 1.29 is 19.1 Å². The molecule has 0 N–H and O–H groups in total. The Labute approximate surface area is 111 Å². The molecule has 0 aromatic heterocycles. The molecule has 0 saturated carbocycles. The third kappa shape index (κ3) is 3.35. The van der Waals surface area contributed by atoms with E-state index in [2.05, 4.69) is 4.99 Å². The first-order valence-electron chi connectivity index (χ1n) is 5.77. The Morgan fingerprint density at radius 1 is 1.22 bits per heavy atom. The van der Waals surface area contributed by atoms with Crippen LogP contribution in [0.5, 0.6) is 0 Å². The Morgan fingerprint density at radius 2 is 1.83 bits per heavy atom. The quantitative estimate of drug-likeness (QED) is 0.731. The van der Waals surface area contributed by atoms with E-state index >= 15 is 0 Å². The molecular formula is C12H17NO4S. The lowest BCUT2D eigenvalue weighted by molar-refractivity contribution is -0.141. The first kappa shape index (κ1) is 14.8. The molecule has 1 rings (SSSR count). The molecule has 6 heteroatoms. The second kappa shape index (κ2) is 6.58. The number of hydrogen-bond donors (Lipinski definition) is 0. The molecule has 0 aromatic rings. The third-order valence-electron chi connectivity index (χ3n) is 2.25. The molecule has 100 valence electrons. The Bertz CT molecular complexity index is 414. The van der Waals surface area contributed by atoms with Gasteiger partial charge in [0, 0.05) is 5.71 Å². The summed E-state index contributed by atoms with van der Waals surface area (Å²) in [5, 5.41) is -0.562. The van der Waals surface area contributed by atoms with E-state index in [4.69, 9.17) is 9.47 Å². The van der Waals surface area contributed by atoms with Gasteiger partial charge in [-0.2, -0.15) is 0 Å². The van der Waals surface area contributed by atoms with E-state index in [1.165, 1.54) is 0 Å². The molecule has 1 aliphatic rings. The average Bonchev–Trinajstić information content (AvgIpc) is 2.29. The van der Waals surface area contributed by atoms with Crippen LogP contribution >= 0.6 is 11.8 Å². The third-order valence-corrected chi connectivity index (χ3v) is 3.72. The number of carbonyl (C=O) groups is 2. The Kier molecular flexibility index (Phi) is 5.40. The molecule has 1 unspecified atom stereocenters. The van der Waals surface area contributed by atoms with Crippen LogP contribution in [-0.2, 0) is 19.1 Å². The van der Waals surface area contributed by atoms with Crippen molar-refractivity contribution in [3.63, 3.8) is 0 Å². The second-order valence-corrected chi connectivity index (χ2v) is 4.75. The number of rotatable bonds is 4. The molecule has 0 bridgehead atoms. The van der Waals surface area contributed by atoms with Gasteiger partial charge in [0.1, 0.15) is 10.2 Å². The zero-order valence-electron chi connectivity index (χ0n) is 11.0. The summed E-state index contributed by atoms with van der Waals surface area (Å²) in [6, 6.07) is 0. The smallest absolute Gasteiger partial charge is 0.346 e. The first-order chi connectivity index (χ1) is 8.51. The summed E-state index contributed by atoms with van der Waals surface area (Å²) in [4.78, 5) is 28.1. The van der Waals surface area contributed by atoms with Gasteiger partial charge in [-0.3, -0.25) is 9.79 Å². The number of carbonyl (C=O) groups excluding carboxylic acids is 2. The number of aliphatic imine (C=N–C) groups is 1. The highest BCUT2D eigenvalue weighted by Crippen LogP contribution is 2.32. The zero-order valence-corrected chi connectivity index (χ0v) is 11.8. The van der Waals surface area contributed by atoms with Crippen molar-refractivity contribution in [2.24, 2.45) is 4.99 Å². The van der Waals surface area contributed by atoms with Crippen LogP contribution in [0.2, 0.25) is 0 Å². The maximum absolute atomic E-state index is 11.7. The topological polar surface area (TPSA) is 65.0 Å². The summed E-state index contributed by atoms with van der Waals surface area (Å²) in [5.41, 5.74) is 1.22. The van der Waals surface area contributed by atoms with Gasteiger partial charge in [-0.15, -0.1) is 0 Å². The Hall–Kier alpha value is -1.30. The van der Waals surface area contributed by atoms with Crippen LogP contribution < -0.4 is 0 Å². The number of thioether (sulfide) groups is 1. The molecule has 0 aliphatic carbocycles. The standard InChI is InChI=1S/C12H17NO4S/c1-5-16-11(14)9-7(3)13-8(4)10(18-9)12(15)17-6-2/h9H,5-6H2,1-4H3. The van der Waals surface area contributed by atoms with Crippen LogP contribution in [0.3, 0.4) is 0 Å². The van der Waals surface area contributed by atoms with Gasteiger partial charge in [0.15, 0.2) is 0 Å². The van der Waals surface area contributed by atoms with Gasteiger partial charge in [0.25, 0.3) is 0 Å². The number of nitrogens with zero attached hydrogens (tertiary/aromatic N) is 1. The van der Waals surface area contributed by atoms with Crippen molar-refractivity contribution in [3.8, 4) is 0 Å². The molecule has 0 radical (unpaired) electrons. The predicted molar refractivity (Wildman–Crippen MR) is 70.5 cm³/mol. The number of allylic oxidation sites excluding steroid dienone is 1. The summed E-state index contributed by atoms with van der Waals surface area (Å²) < 4.78 is 9.90. The van der Waals surface area contributed by atoms with Gasteiger partial charge < -0.3 is 9.47 Å². The molecule has 0 fully saturated rings. The van der Waals surface area contributed by atoms with Crippen molar-refractivity contribution >= 4 is 29.4 Å².